The summed E-state index contributed by atoms with van der Waals surface area (Å²) in [5.41, 5.74) is 0.0336. The summed E-state index contributed by atoms with van der Waals surface area (Å²) in [6.45, 7) is 0.921. The Bertz CT molecular complexity index is 174. The van der Waals surface area contributed by atoms with Crippen LogP contribution < -0.4 is 5.32 Å². The topological polar surface area (TPSA) is 59.2 Å². The van der Waals surface area contributed by atoms with Crippen LogP contribution in [0.3, 0.4) is 0 Å². The molecule has 0 radical (unpaired) electrons. The molecule has 2 aliphatic rings. The van der Waals surface area contributed by atoms with Crippen LogP contribution in [0.5, 0.6) is 0 Å². The zero-order valence-electron chi connectivity index (χ0n) is 5.76. The molecule has 0 aromatic rings. The predicted octanol–water partition coefficient (Wildman–Crippen LogP) is 0.213. The van der Waals surface area contributed by atoms with Crippen molar-refractivity contribution >= 4 is 5.97 Å². The molecular formula is C7H11NO2. The number of rotatable bonds is 1. The molecule has 1 saturated heterocycles. The van der Waals surface area contributed by atoms with Crippen LogP contribution in [-0.4, -0.2) is 23.2 Å². The molecule has 1 saturated carbocycles. The molecule has 56 valence electrons. The fourth-order valence-corrected chi connectivity index (χ4v) is 1.97. The second kappa shape index (κ2) is 1.72. The van der Waals surface area contributed by atoms with Crippen molar-refractivity contribution in [3.63, 3.8) is 0 Å². The molecule has 0 bridgehead atoms. The van der Waals surface area contributed by atoms with Gasteiger partial charge in [0.25, 0.3) is 0 Å². The maximum Gasteiger partial charge on any atom is 0.308 e. The minimum Gasteiger partial charge on any atom is -0.481 e. The first-order chi connectivity index (χ1) is 4.75. The SMILES string of the molecule is O=C(O)C1CCCC12CN2. The lowest BCUT2D eigenvalue weighted by Gasteiger charge is -2.10. The fourth-order valence-electron chi connectivity index (χ4n) is 1.97. The van der Waals surface area contributed by atoms with Gasteiger partial charge in [-0.15, -0.1) is 0 Å². The second-order valence-electron chi connectivity index (χ2n) is 3.29. The Morgan fingerprint density at radius 1 is 1.70 bits per heavy atom. The number of aliphatic carboxylic acids is 1. The molecule has 1 heterocycles. The van der Waals surface area contributed by atoms with Crippen molar-refractivity contribution in [2.75, 3.05) is 6.54 Å². The molecule has 1 spiro atoms. The smallest absolute Gasteiger partial charge is 0.308 e. The summed E-state index contributed by atoms with van der Waals surface area (Å²) < 4.78 is 0. The van der Waals surface area contributed by atoms with Crippen LogP contribution in [0.1, 0.15) is 19.3 Å². The molecule has 2 unspecified atom stereocenters. The number of hydrogen-bond donors (Lipinski definition) is 2. The Morgan fingerprint density at radius 3 is 2.80 bits per heavy atom. The van der Waals surface area contributed by atoms with Gasteiger partial charge in [-0.2, -0.15) is 0 Å². The highest BCUT2D eigenvalue weighted by atomic mass is 16.4. The lowest BCUT2D eigenvalue weighted by atomic mass is 9.96. The van der Waals surface area contributed by atoms with E-state index in [1.54, 1.807) is 0 Å². The Balaban J connectivity index is 2.14. The number of carbonyl (C=O) groups is 1. The van der Waals surface area contributed by atoms with E-state index >= 15 is 0 Å². The van der Waals surface area contributed by atoms with Gasteiger partial charge in [0, 0.05) is 12.1 Å². The van der Waals surface area contributed by atoms with E-state index in [-0.39, 0.29) is 11.5 Å². The quantitative estimate of drug-likeness (QED) is 0.513. The largest absolute Gasteiger partial charge is 0.481 e. The van der Waals surface area contributed by atoms with Gasteiger partial charge in [-0.25, -0.2) is 0 Å². The molecular weight excluding hydrogens is 130 g/mol. The number of hydrogen-bond acceptors (Lipinski definition) is 2. The highest BCUT2D eigenvalue weighted by molar-refractivity contribution is 5.73. The number of nitrogens with one attached hydrogen (secondary N) is 1. The van der Waals surface area contributed by atoms with E-state index in [0.717, 1.165) is 25.8 Å². The van der Waals surface area contributed by atoms with Gasteiger partial charge in [0.2, 0.25) is 0 Å². The molecule has 2 atom stereocenters. The van der Waals surface area contributed by atoms with Crippen molar-refractivity contribution in [3.05, 3.63) is 0 Å². The van der Waals surface area contributed by atoms with Crippen molar-refractivity contribution in [1.29, 1.82) is 0 Å². The summed E-state index contributed by atoms with van der Waals surface area (Å²) in [6.07, 6.45) is 3.00. The summed E-state index contributed by atoms with van der Waals surface area (Å²) in [5, 5.41) is 11.9. The highest BCUT2D eigenvalue weighted by Crippen LogP contribution is 2.42. The van der Waals surface area contributed by atoms with Crippen LogP contribution in [-0.2, 0) is 4.79 Å². The zero-order valence-corrected chi connectivity index (χ0v) is 5.76. The summed E-state index contributed by atoms with van der Waals surface area (Å²) in [5.74, 6) is -0.727. The Morgan fingerprint density at radius 2 is 2.40 bits per heavy atom. The highest BCUT2D eigenvalue weighted by Gasteiger charge is 2.54. The zero-order chi connectivity index (χ0) is 7.19. The van der Waals surface area contributed by atoms with Gasteiger partial charge in [-0.05, 0) is 12.8 Å². The fraction of sp³-hybridized carbons (Fsp3) is 0.857. The molecule has 1 aliphatic heterocycles. The maximum absolute atomic E-state index is 10.6. The van der Waals surface area contributed by atoms with Crippen LogP contribution in [0.25, 0.3) is 0 Å². The summed E-state index contributed by atoms with van der Waals surface area (Å²) >= 11 is 0. The van der Waals surface area contributed by atoms with E-state index in [2.05, 4.69) is 5.32 Å². The lowest BCUT2D eigenvalue weighted by Crippen LogP contribution is -2.28. The van der Waals surface area contributed by atoms with Crippen LogP contribution >= 0.6 is 0 Å². The van der Waals surface area contributed by atoms with E-state index in [1.807, 2.05) is 0 Å². The average molecular weight is 141 g/mol. The van der Waals surface area contributed by atoms with Crippen LogP contribution in [0.4, 0.5) is 0 Å². The van der Waals surface area contributed by atoms with E-state index < -0.39 is 5.97 Å². The second-order valence-corrected chi connectivity index (χ2v) is 3.29. The Hall–Kier alpha value is -0.570. The predicted molar refractivity (Wildman–Crippen MR) is 35.7 cm³/mol. The summed E-state index contributed by atoms with van der Waals surface area (Å²) in [4.78, 5) is 10.6. The first kappa shape index (κ1) is 6.16. The summed E-state index contributed by atoms with van der Waals surface area (Å²) in [7, 11) is 0. The third-order valence-corrected chi connectivity index (χ3v) is 2.71. The van der Waals surface area contributed by atoms with Gasteiger partial charge in [0.1, 0.15) is 0 Å². The minimum absolute atomic E-state index is 0.0336. The van der Waals surface area contributed by atoms with Gasteiger partial charge in [-0.3, -0.25) is 4.79 Å². The molecule has 0 amide bonds. The molecule has 2 fully saturated rings. The molecule has 0 aromatic carbocycles. The normalized spacial score (nSPS) is 44.2. The van der Waals surface area contributed by atoms with Crippen LogP contribution in [0.15, 0.2) is 0 Å². The van der Waals surface area contributed by atoms with Gasteiger partial charge in [0.15, 0.2) is 0 Å². The van der Waals surface area contributed by atoms with Crippen LogP contribution in [0.2, 0.25) is 0 Å². The van der Waals surface area contributed by atoms with Crippen molar-refractivity contribution < 1.29 is 9.90 Å². The first-order valence-corrected chi connectivity index (χ1v) is 3.72. The number of carboxylic acids is 1. The standard InChI is InChI=1S/C7H11NO2/c9-6(10)5-2-1-3-7(5)4-8-7/h5,8H,1-4H2,(H,9,10). The molecule has 10 heavy (non-hydrogen) atoms. The molecule has 3 nitrogen and oxygen atoms in total. The van der Waals surface area contributed by atoms with Crippen LogP contribution in [0, 0.1) is 5.92 Å². The number of carboxylic acid groups (broad SMARTS) is 1. The monoisotopic (exact) mass is 141 g/mol. The molecule has 1 aliphatic carbocycles. The first-order valence-electron chi connectivity index (χ1n) is 3.72. The Labute approximate surface area is 59.4 Å². The molecule has 0 aromatic heterocycles. The summed E-state index contributed by atoms with van der Waals surface area (Å²) in [6, 6.07) is 0. The van der Waals surface area contributed by atoms with Gasteiger partial charge in [0.05, 0.1) is 5.92 Å². The minimum atomic E-state index is -0.623. The van der Waals surface area contributed by atoms with Crippen molar-refractivity contribution in [2.24, 2.45) is 5.92 Å². The third-order valence-electron chi connectivity index (χ3n) is 2.71. The van der Waals surface area contributed by atoms with Gasteiger partial charge in [-0.1, -0.05) is 6.42 Å². The average Bonchev–Trinajstić information content (AvgIpc) is 2.42. The van der Waals surface area contributed by atoms with Crippen molar-refractivity contribution in [1.82, 2.24) is 5.32 Å². The Kier molecular flexibility index (Phi) is 1.06. The van der Waals surface area contributed by atoms with E-state index in [4.69, 9.17) is 5.11 Å². The third kappa shape index (κ3) is 0.669. The van der Waals surface area contributed by atoms with Gasteiger partial charge >= 0.3 is 5.97 Å². The lowest BCUT2D eigenvalue weighted by molar-refractivity contribution is -0.142. The molecule has 2 N–H and O–H groups in total. The van der Waals surface area contributed by atoms with E-state index in [0.29, 0.717) is 0 Å². The maximum atomic E-state index is 10.6. The van der Waals surface area contributed by atoms with Gasteiger partial charge < -0.3 is 10.4 Å². The molecule has 2 rings (SSSR count). The van der Waals surface area contributed by atoms with E-state index in [9.17, 15) is 4.79 Å². The van der Waals surface area contributed by atoms with Crippen molar-refractivity contribution in [2.45, 2.75) is 24.8 Å². The van der Waals surface area contributed by atoms with Crippen molar-refractivity contribution in [3.8, 4) is 0 Å². The van der Waals surface area contributed by atoms with E-state index in [1.165, 1.54) is 0 Å². The molecule has 3 heteroatoms.